The number of anilines is 2. The van der Waals surface area contributed by atoms with Gasteiger partial charge in [0.1, 0.15) is 0 Å². The second-order valence-corrected chi connectivity index (χ2v) is 7.17. The van der Waals surface area contributed by atoms with Crippen molar-refractivity contribution in [3.8, 4) is 0 Å². The predicted molar refractivity (Wildman–Crippen MR) is 109 cm³/mol. The average molecular weight is 372 g/mol. The molecule has 0 saturated carbocycles. The molecule has 26 heavy (non-hydrogen) atoms. The number of carbonyl (C=O) groups excluding carboxylic acids is 1. The van der Waals surface area contributed by atoms with Crippen molar-refractivity contribution in [1.29, 1.82) is 0 Å². The Kier molecular flexibility index (Phi) is 6.53. The molecular weight excluding hydrogens is 346 g/mol. The van der Waals surface area contributed by atoms with Gasteiger partial charge in [0.25, 0.3) is 0 Å². The van der Waals surface area contributed by atoms with E-state index in [4.69, 9.17) is 11.6 Å². The zero-order valence-corrected chi connectivity index (χ0v) is 15.9. The Morgan fingerprint density at radius 3 is 2.46 bits per heavy atom. The summed E-state index contributed by atoms with van der Waals surface area (Å²) in [5.74, 6) is -0.0605. The first-order chi connectivity index (χ1) is 12.6. The van der Waals surface area contributed by atoms with Gasteiger partial charge in [-0.05, 0) is 62.1 Å². The molecular formula is C21H26ClN3O. The summed E-state index contributed by atoms with van der Waals surface area (Å²) in [5, 5.41) is 6.87. The van der Waals surface area contributed by atoms with Crippen molar-refractivity contribution in [2.24, 2.45) is 0 Å². The van der Waals surface area contributed by atoms with Crippen molar-refractivity contribution >= 4 is 28.9 Å². The van der Waals surface area contributed by atoms with Crippen LogP contribution in [0.15, 0.2) is 48.5 Å². The number of nitrogens with one attached hydrogen (secondary N) is 2. The molecule has 3 rings (SSSR count). The summed E-state index contributed by atoms with van der Waals surface area (Å²) in [6.45, 7) is 4.48. The predicted octanol–water partition coefficient (Wildman–Crippen LogP) is 4.62. The van der Waals surface area contributed by atoms with Crippen LogP contribution in [0.4, 0.5) is 11.4 Å². The molecule has 0 aromatic heterocycles. The van der Waals surface area contributed by atoms with Crippen molar-refractivity contribution in [3.05, 3.63) is 59.1 Å². The lowest BCUT2D eigenvalue weighted by molar-refractivity contribution is -0.115. The molecule has 0 aliphatic carbocycles. The van der Waals surface area contributed by atoms with Gasteiger partial charge in [-0.1, -0.05) is 29.8 Å². The van der Waals surface area contributed by atoms with Gasteiger partial charge in [-0.2, -0.15) is 0 Å². The SMILES string of the molecule is CC(NCC(=O)Nc1ccc(N2CCCCC2)cc1)c1ccccc1Cl. The summed E-state index contributed by atoms with van der Waals surface area (Å²) in [6.07, 6.45) is 3.84. The van der Waals surface area contributed by atoms with Crippen molar-refractivity contribution in [2.45, 2.75) is 32.2 Å². The number of hydrogen-bond donors (Lipinski definition) is 2. The van der Waals surface area contributed by atoms with Gasteiger partial charge in [0, 0.05) is 35.5 Å². The molecule has 0 spiro atoms. The van der Waals surface area contributed by atoms with Crippen LogP contribution in [0.25, 0.3) is 0 Å². The van der Waals surface area contributed by atoms with Crippen LogP contribution in [0.2, 0.25) is 5.02 Å². The van der Waals surface area contributed by atoms with E-state index >= 15 is 0 Å². The molecule has 0 radical (unpaired) electrons. The molecule has 1 unspecified atom stereocenters. The van der Waals surface area contributed by atoms with E-state index in [1.807, 2.05) is 43.3 Å². The number of nitrogens with zero attached hydrogens (tertiary/aromatic N) is 1. The van der Waals surface area contributed by atoms with E-state index in [1.54, 1.807) is 0 Å². The number of halogens is 1. The van der Waals surface area contributed by atoms with Crippen LogP contribution in [0.5, 0.6) is 0 Å². The lowest BCUT2D eigenvalue weighted by atomic mass is 10.1. The molecule has 1 aliphatic heterocycles. The minimum absolute atomic E-state index is 0.0101. The number of amides is 1. The largest absolute Gasteiger partial charge is 0.372 e. The Bertz CT molecular complexity index is 726. The minimum Gasteiger partial charge on any atom is -0.372 e. The van der Waals surface area contributed by atoms with E-state index < -0.39 is 0 Å². The Morgan fingerprint density at radius 1 is 1.08 bits per heavy atom. The smallest absolute Gasteiger partial charge is 0.238 e. The number of hydrogen-bond acceptors (Lipinski definition) is 3. The van der Waals surface area contributed by atoms with Crippen molar-refractivity contribution in [2.75, 3.05) is 29.9 Å². The molecule has 2 aromatic carbocycles. The second kappa shape index (κ2) is 9.06. The third-order valence-corrected chi connectivity index (χ3v) is 5.16. The van der Waals surface area contributed by atoms with Gasteiger partial charge in [0.15, 0.2) is 0 Å². The van der Waals surface area contributed by atoms with Crippen molar-refractivity contribution in [3.63, 3.8) is 0 Å². The molecule has 1 atom stereocenters. The highest BCUT2D eigenvalue weighted by atomic mass is 35.5. The first kappa shape index (κ1) is 18.7. The highest BCUT2D eigenvalue weighted by Gasteiger charge is 2.12. The van der Waals surface area contributed by atoms with Crippen LogP contribution in [0.3, 0.4) is 0 Å². The number of benzene rings is 2. The topological polar surface area (TPSA) is 44.4 Å². The normalized spacial score (nSPS) is 15.5. The maximum Gasteiger partial charge on any atom is 0.238 e. The zero-order valence-electron chi connectivity index (χ0n) is 15.2. The lowest BCUT2D eigenvalue weighted by Gasteiger charge is -2.28. The van der Waals surface area contributed by atoms with Gasteiger partial charge in [0.05, 0.1) is 6.54 Å². The summed E-state index contributed by atoms with van der Waals surface area (Å²) in [5.41, 5.74) is 3.05. The molecule has 1 amide bonds. The fraction of sp³-hybridized carbons (Fsp3) is 0.381. The van der Waals surface area contributed by atoms with E-state index in [1.165, 1.54) is 24.9 Å². The third kappa shape index (κ3) is 4.99. The quantitative estimate of drug-likeness (QED) is 0.778. The molecule has 2 N–H and O–H groups in total. The van der Waals surface area contributed by atoms with E-state index in [0.717, 1.165) is 24.3 Å². The summed E-state index contributed by atoms with van der Waals surface area (Å²) in [4.78, 5) is 14.6. The highest BCUT2D eigenvalue weighted by molar-refractivity contribution is 6.31. The molecule has 4 nitrogen and oxygen atoms in total. The summed E-state index contributed by atoms with van der Waals surface area (Å²) < 4.78 is 0. The van der Waals surface area contributed by atoms with Gasteiger partial charge in [-0.25, -0.2) is 0 Å². The van der Waals surface area contributed by atoms with Gasteiger partial charge in [0.2, 0.25) is 5.91 Å². The monoisotopic (exact) mass is 371 g/mol. The zero-order chi connectivity index (χ0) is 18.4. The molecule has 2 aromatic rings. The Hall–Kier alpha value is -2.04. The van der Waals surface area contributed by atoms with Gasteiger partial charge < -0.3 is 15.5 Å². The highest BCUT2D eigenvalue weighted by Crippen LogP contribution is 2.23. The lowest BCUT2D eigenvalue weighted by Crippen LogP contribution is -2.30. The van der Waals surface area contributed by atoms with Crippen molar-refractivity contribution < 1.29 is 4.79 Å². The fourth-order valence-corrected chi connectivity index (χ4v) is 3.59. The van der Waals surface area contributed by atoms with E-state index in [0.29, 0.717) is 5.02 Å². The molecule has 138 valence electrons. The number of piperidine rings is 1. The van der Waals surface area contributed by atoms with Crippen LogP contribution in [-0.4, -0.2) is 25.5 Å². The standard InChI is InChI=1S/C21H26ClN3O/c1-16(19-7-3-4-8-20(19)22)23-15-21(26)24-17-9-11-18(12-10-17)25-13-5-2-6-14-25/h3-4,7-12,16,23H,2,5-6,13-15H2,1H3,(H,24,26). The molecule has 0 bridgehead atoms. The second-order valence-electron chi connectivity index (χ2n) is 6.77. The van der Waals surface area contributed by atoms with Crippen LogP contribution in [0, 0.1) is 0 Å². The maximum absolute atomic E-state index is 12.2. The molecule has 5 heteroatoms. The van der Waals surface area contributed by atoms with Gasteiger partial charge >= 0.3 is 0 Å². The number of carbonyl (C=O) groups is 1. The minimum atomic E-state index is -0.0605. The van der Waals surface area contributed by atoms with E-state index in [-0.39, 0.29) is 18.5 Å². The van der Waals surface area contributed by atoms with Crippen molar-refractivity contribution in [1.82, 2.24) is 5.32 Å². The van der Waals surface area contributed by atoms with Crippen LogP contribution in [0.1, 0.15) is 37.8 Å². The van der Waals surface area contributed by atoms with Crippen LogP contribution < -0.4 is 15.5 Å². The first-order valence-electron chi connectivity index (χ1n) is 9.26. The fourth-order valence-electron chi connectivity index (χ4n) is 3.29. The molecule has 1 aliphatic rings. The summed E-state index contributed by atoms with van der Waals surface area (Å²) >= 11 is 6.20. The number of rotatable bonds is 6. The molecule has 1 heterocycles. The van der Waals surface area contributed by atoms with Gasteiger partial charge in [-0.3, -0.25) is 4.79 Å². The first-order valence-corrected chi connectivity index (χ1v) is 9.64. The Morgan fingerprint density at radius 2 is 1.77 bits per heavy atom. The molecule has 1 saturated heterocycles. The third-order valence-electron chi connectivity index (χ3n) is 4.81. The summed E-state index contributed by atoms with van der Waals surface area (Å²) in [6, 6.07) is 15.8. The van der Waals surface area contributed by atoms with E-state index in [2.05, 4.69) is 27.7 Å². The molecule has 1 fully saturated rings. The average Bonchev–Trinajstić information content (AvgIpc) is 2.68. The van der Waals surface area contributed by atoms with Crippen LogP contribution in [-0.2, 0) is 4.79 Å². The Balaban J connectivity index is 1.49. The summed E-state index contributed by atoms with van der Waals surface area (Å²) in [7, 11) is 0. The Labute approximate surface area is 160 Å². The van der Waals surface area contributed by atoms with E-state index in [9.17, 15) is 4.79 Å². The van der Waals surface area contributed by atoms with Gasteiger partial charge in [-0.15, -0.1) is 0 Å². The van der Waals surface area contributed by atoms with Crippen LogP contribution >= 0.6 is 11.6 Å². The maximum atomic E-state index is 12.2.